The van der Waals surface area contributed by atoms with E-state index in [1.807, 2.05) is 4.90 Å². The molecule has 0 unspecified atom stereocenters. The first-order valence-electron chi connectivity index (χ1n) is 13.8. The van der Waals surface area contributed by atoms with Crippen LogP contribution in [-0.4, -0.2) is 68.8 Å². The van der Waals surface area contributed by atoms with E-state index in [4.69, 9.17) is 5.11 Å². The smallest absolute Gasteiger partial charge is 0.391 e. The number of nitrogens with zero attached hydrogens (tertiary/aromatic N) is 3. The molecule has 3 fully saturated rings. The maximum atomic E-state index is 13.5. The number of sulfonamides is 1. The maximum Gasteiger partial charge on any atom is 0.391 e. The standard InChI is InChI=1S/C27H34F3N5O5S/c28-27(29,30)19-5-12-34(13-6-19)35-11-1-2-22(25(35)38)31-24(37)21-4-3-20(32-41(39,40)17-16-36)18-23(21)33-14-9-26(7-8-26)10-15-33/h1-4,11,18-19,32,36H,5-10,12-17H2,(H,31,37). The molecule has 10 nitrogen and oxygen atoms in total. The van der Waals surface area contributed by atoms with E-state index in [2.05, 4.69) is 10.0 Å². The van der Waals surface area contributed by atoms with Crippen LogP contribution < -0.4 is 25.5 Å². The van der Waals surface area contributed by atoms with Crippen LogP contribution in [0.5, 0.6) is 0 Å². The molecule has 3 N–H and O–H groups in total. The number of amides is 1. The fraction of sp³-hybridized carbons (Fsp3) is 0.556. The third kappa shape index (κ3) is 6.64. The van der Waals surface area contributed by atoms with Crippen LogP contribution in [-0.2, 0) is 10.0 Å². The SMILES string of the molecule is O=C(Nc1cccn(N2CCC(C(F)(F)F)CC2)c1=O)c1ccc(NS(=O)(=O)CCO)cc1N1CCC2(CC1)CC2. The van der Waals surface area contributed by atoms with E-state index in [9.17, 15) is 31.2 Å². The van der Waals surface area contributed by atoms with Gasteiger partial charge in [0, 0.05) is 32.4 Å². The number of anilines is 3. The van der Waals surface area contributed by atoms with E-state index in [1.165, 1.54) is 41.9 Å². The number of nitrogens with one attached hydrogen (secondary N) is 2. The number of aromatic nitrogens is 1. The van der Waals surface area contributed by atoms with Crippen molar-refractivity contribution >= 4 is 33.0 Å². The number of piperidine rings is 2. The van der Waals surface area contributed by atoms with Gasteiger partial charge in [0.25, 0.3) is 11.5 Å². The van der Waals surface area contributed by atoms with Crippen LogP contribution >= 0.6 is 0 Å². The highest BCUT2D eigenvalue weighted by Gasteiger charge is 2.45. The lowest BCUT2D eigenvalue weighted by Crippen LogP contribution is -2.49. The highest BCUT2D eigenvalue weighted by Crippen LogP contribution is 2.54. The molecule has 1 saturated carbocycles. The molecule has 2 aromatic rings. The first-order valence-corrected chi connectivity index (χ1v) is 15.4. The number of alkyl halides is 3. The second-order valence-corrected chi connectivity index (χ2v) is 13.0. The molecule has 2 saturated heterocycles. The Kier molecular flexibility index (Phi) is 7.99. The highest BCUT2D eigenvalue weighted by molar-refractivity contribution is 7.92. The summed E-state index contributed by atoms with van der Waals surface area (Å²) < 4.78 is 67.4. The van der Waals surface area contributed by atoms with Gasteiger partial charge in [-0.1, -0.05) is 0 Å². The van der Waals surface area contributed by atoms with E-state index in [-0.39, 0.29) is 42.9 Å². The summed E-state index contributed by atoms with van der Waals surface area (Å²) in [4.78, 5) is 28.8. The van der Waals surface area contributed by atoms with Crippen molar-refractivity contribution in [1.82, 2.24) is 4.68 Å². The molecule has 0 bridgehead atoms. The van der Waals surface area contributed by atoms with Gasteiger partial charge >= 0.3 is 6.18 Å². The van der Waals surface area contributed by atoms with Crippen molar-refractivity contribution in [1.29, 1.82) is 0 Å². The summed E-state index contributed by atoms with van der Waals surface area (Å²) in [7, 11) is -3.79. The molecular weight excluding hydrogens is 563 g/mol. The second-order valence-electron chi connectivity index (χ2n) is 11.2. The minimum absolute atomic E-state index is 0.0234. The van der Waals surface area contributed by atoms with Crippen molar-refractivity contribution in [3.05, 3.63) is 52.4 Å². The topological polar surface area (TPSA) is 124 Å². The number of carbonyl (C=O) groups excluding carboxylic acids is 1. The minimum Gasteiger partial charge on any atom is -0.395 e. The lowest BCUT2D eigenvalue weighted by molar-refractivity contribution is -0.179. The van der Waals surface area contributed by atoms with Crippen LogP contribution in [0.3, 0.4) is 0 Å². The predicted molar refractivity (Wildman–Crippen MR) is 149 cm³/mol. The van der Waals surface area contributed by atoms with Crippen molar-refractivity contribution < 1.29 is 31.5 Å². The third-order valence-corrected chi connectivity index (χ3v) is 9.68. The molecule has 1 aromatic heterocycles. The summed E-state index contributed by atoms with van der Waals surface area (Å²) in [5, 5.41) is 13.3. The summed E-state index contributed by atoms with van der Waals surface area (Å²) in [6, 6.07) is 7.52. The fourth-order valence-electron chi connectivity index (χ4n) is 5.70. The molecular formula is C27H34F3N5O5S. The lowest BCUT2D eigenvalue weighted by Gasteiger charge is -2.35. The number of aliphatic hydroxyl groups excluding tert-OH is 1. The molecule has 3 heterocycles. The van der Waals surface area contributed by atoms with Crippen LogP contribution in [0.1, 0.15) is 48.9 Å². The zero-order valence-corrected chi connectivity index (χ0v) is 23.3. The quantitative estimate of drug-likeness (QED) is 0.427. The maximum absolute atomic E-state index is 13.5. The van der Waals surface area contributed by atoms with Crippen molar-refractivity contribution in [2.75, 3.05) is 58.5 Å². The molecule has 2 aliphatic heterocycles. The number of hydrogen-bond donors (Lipinski definition) is 3. The van der Waals surface area contributed by atoms with E-state index < -0.39 is 45.9 Å². The summed E-state index contributed by atoms with van der Waals surface area (Å²) in [6.45, 7) is 0.954. The number of rotatable bonds is 8. The van der Waals surface area contributed by atoms with Gasteiger partial charge in [0.1, 0.15) is 5.69 Å². The van der Waals surface area contributed by atoms with Crippen LogP contribution in [0.4, 0.5) is 30.2 Å². The van der Waals surface area contributed by atoms with E-state index >= 15 is 0 Å². The third-order valence-electron chi connectivity index (χ3n) is 8.41. The molecule has 0 radical (unpaired) electrons. The lowest BCUT2D eigenvalue weighted by atomic mass is 9.93. The van der Waals surface area contributed by atoms with Crippen molar-refractivity contribution in [2.45, 2.75) is 44.7 Å². The molecule has 1 aliphatic carbocycles. The Morgan fingerprint density at radius 3 is 2.34 bits per heavy atom. The Labute approximate surface area is 236 Å². The largest absolute Gasteiger partial charge is 0.395 e. The average molecular weight is 598 g/mol. The van der Waals surface area contributed by atoms with Gasteiger partial charge in [0.05, 0.1) is 35.2 Å². The monoisotopic (exact) mass is 597 g/mol. The summed E-state index contributed by atoms with van der Waals surface area (Å²) >= 11 is 0. The number of pyridine rings is 1. The van der Waals surface area contributed by atoms with Gasteiger partial charge in [-0.2, -0.15) is 13.2 Å². The number of halogens is 3. The van der Waals surface area contributed by atoms with Crippen LogP contribution in [0.25, 0.3) is 0 Å². The highest BCUT2D eigenvalue weighted by atomic mass is 32.2. The zero-order chi connectivity index (χ0) is 29.4. The Morgan fingerprint density at radius 2 is 1.73 bits per heavy atom. The van der Waals surface area contributed by atoms with E-state index in [0.29, 0.717) is 24.2 Å². The molecule has 41 heavy (non-hydrogen) atoms. The van der Waals surface area contributed by atoms with E-state index in [1.54, 1.807) is 17.1 Å². The summed E-state index contributed by atoms with van der Waals surface area (Å²) in [5.41, 5.74) is 0.805. The number of carbonyl (C=O) groups is 1. The second kappa shape index (κ2) is 11.2. The van der Waals surface area contributed by atoms with Crippen LogP contribution in [0.15, 0.2) is 41.3 Å². The number of aliphatic hydroxyl groups is 1. The van der Waals surface area contributed by atoms with Gasteiger partial charge in [-0.25, -0.2) is 13.1 Å². The molecule has 14 heteroatoms. The zero-order valence-electron chi connectivity index (χ0n) is 22.5. The van der Waals surface area contributed by atoms with Gasteiger partial charge in [-0.05, 0) is 74.3 Å². The fourth-order valence-corrected chi connectivity index (χ4v) is 6.53. The summed E-state index contributed by atoms with van der Waals surface area (Å²) in [5.74, 6) is -2.44. The van der Waals surface area contributed by atoms with Crippen molar-refractivity contribution in [3.8, 4) is 0 Å². The number of benzene rings is 1. The van der Waals surface area contributed by atoms with Gasteiger partial charge in [0.15, 0.2) is 0 Å². The normalized spacial score (nSPS) is 19.3. The van der Waals surface area contributed by atoms with Gasteiger partial charge in [-0.15, -0.1) is 0 Å². The van der Waals surface area contributed by atoms with Crippen LogP contribution in [0, 0.1) is 11.3 Å². The van der Waals surface area contributed by atoms with Gasteiger partial charge < -0.3 is 20.3 Å². The Balaban J connectivity index is 1.37. The first kappa shape index (κ1) is 29.2. The molecule has 1 amide bonds. The average Bonchev–Trinajstić information content (AvgIpc) is 3.68. The van der Waals surface area contributed by atoms with Gasteiger partial charge in [-0.3, -0.25) is 14.3 Å². The Hall–Kier alpha value is -3.26. The minimum atomic E-state index is -4.27. The van der Waals surface area contributed by atoms with Crippen LogP contribution in [0.2, 0.25) is 0 Å². The Morgan fingerprint density at radius 1 is 1.05 bits per heavy atom. The Bertz CT molecular complexity index is 1440. The molecule has 224 valence electrons. The predicted octanol–water partition coefficient (Wildman–Crippen LogP) is 3.13. The molecule has 1 aromatic carbocycles. The molecule has 5 rings (SSSR count). The van der Waals surface area contributed by atoms with E-state index in [0.717, 1.165) is 12.8 Å². The van der Waals surface area contributed by atoms with Crippen molar-refractivity contribution in [2.24, 2.45) is 11.3 Å². The molecule has 3 aliphatic rings. The van der Waals surface area contributed by atoms with Gasteiger partial charge in [0.2, 0.25) is 10.0 Å². The molecule has 0 atom stereocenters. The first-order chi connectivity index (χ1) is 19.4. The number of hydrogen-bond acceptors (Lipinski definition) is 7. The van der Waals surface area contributed by atoms with Crippen molar-refractivity contribution in [3.63, 3.8) is 0 Å². The molecule has 1 spiro atoms. The summed E-state index contributed by atoms with van der Waals surface area (Å²) in [6.07, 6.45) is 1.24.